The standard InChI is InChI=1S/C20H31F2N5O3.HI/c1-3-23-20(24-8-9-26-10-12-27(13-11-26)15(2)28)25-14-18(29)16-4-6-17(7-5-16)30-19(21)22;/h4-7,18-19,29H,3,8-14H2,1-2H3,(H2,23,24,25);1H. The number of benzene rings is 1. The van der Waals surface area contributed by atoms with Crippen LogP contribution < -0.4 is 15.4 Å². The van der Waals surface area contributed by atoms with Gasteiger partial charge in [0, 0.05) is 52.7 Å². The van der Waals surface area contributed by atoms with Crippen molar-refractivity contribution in [1.29, 1.82) is 0 Å². The topological polar surface area (TPSA) is 89.4 Å². The van der Waals surface area contributed by atoms with Crippen LogP contribution in [0.1, 0.15) is 25.5 Å². The van der Waals surface area contributed by atoms with Gasteiger partial charge in [-0.05, 0) is 24.6 Å². The van der Waals surface area contributed by atoms with E-state index in [0.717, 1.165) is 32.7 Å². The molecule has 0 spiro atoms. The van der Waals surface area contributed by atoms with Crippen molar-refractivity contribution in [3.63, 3.8) is 0 Å². The number of carbonyl (C=O) groups is 1. The molecule has 1 aliphatic heterocycles. The van der Waals surface area contributed by atoms with Crippen LogP contribution in [0.4, 0.5) is 8.78 Å². The molecule has 1 saturated heterocycles. The van der Waals surface area contributed by atoms with Gasteiger partial charge in [-0.2, -0.15) is 8.78 Å². The lowest BCUT2D eigenvalue weighted by molar-refractivity contribution is -0.130. The van der Waals surface area contributed by atoms with E-state index in [9.17, 15) is 18.7 Å². The van der Waals surface area contributed by atoms with Gasteiger partial charge in [0.2, 0.25) is 5.91 Å². The van der Waals surface area contributed by atoms with Crippen LogP contribution in [0.5, 0.6) is 5.75 Å². The van der Waals surface area contributed by atoms with E-state index in [2.05, 4.69) is 25.3 Å². The Bertz CT molecular complexity index is 686. The molecule has 0 aromatic heterocycles. The van der Waals surface area contributed by atoms with Crippen molar-refractivity contribution in [2.24, 2.45) is 4.99 Å². The lowest BCUT2D eigenvalue weighted by atomic mass is 10.1. The number of hydrogen-bond donors (Lipinski definition) is 3. The number of piperazine rings is 1. The summed E-state index contributed by atoms with van der Waals surface area (Å²) in [5.74, 6) is 0.754. The number of rotatable bonds is 9. The first-order valence-corrected chi connectivity index (χ1v) is 10.1. The molecule has 1 amide bonds. The fourth-order valence-electron chi connectivity index (χ4n) is 3.12. The molecule has 1 atom stereocenters. The predicted octanol–water partition coefficient (Wildman–Crippen LogP) is 1.66. The van der Waals surface area contributed by atoms with Crippen LogP contribution in [0.15, 0.2) is 29.3 Å². The van der Waals surface area contributed by atoms with Crippen molar-refractivity contribution in [3.05, 3.63) is 29.8 Å². The van der Waals surface area contributed by atoms with Gasteiger partial charge in [0.05, 0.1) is 12.6 Å². The van der Waals surface area contributed by atoms with Crippen molar-refractivity contribution in [3.8, 4) is 5.75 Å². The Morgan fingerprint density at radius 3 is 2.39 bits per heavy atom. The summed E-state index contributed by atoms with van der Waals surface area (Å²) in [6, 6.07) is 5.87. The molecule has 1 aromatic carbocycles. The number of aliphatic hydroxyl groups is 1. The quantitative estimate of drug-likeness (QED) is 0.244. The lowest BCUT2D eigenvalue weighted by Gasteiger charge is -2.34. The van der Waals surface area contributed by atoms with Crippen molar-refractivity contribution < 1.29 is 23.4 Å². The van der Waals surface area contributed by atoms with Gasteiger partial charge in [-0.1, -0.05) is 12.1 Å². The van der Waals surface area contributed by atoms with E-state index < -0.39 is 12.7 Å². The van der Waals surface area contributed by atoms with Crippen molar-refractivity contribution in [1.82, 2.24) is 20.4 Å². The van der Waals surface area contributed by atoms with Crippen LogP contribution in [-0.4, -0.2) is 85.7 Å². The molecule has 8 nitrogen and oxygen atoms in total. The second-order valence-electron chi connectivity index (χ2n) is 6.96. The molecule has 3 N–H and O–H groups in total. The molecule has 11 heteroatoms. The van der Waals surface area contributed by atoms with Crippen LogP contribution in [0, 0.1) is 0 Å². The van der Waals surface area contributed by atoms with Crippen molar-refractivity contribution >= 4 is 35.8 Å². The smallest absolute Gasteiger partial charge is 0.387 e. The summed E-state index contributed by atoms with van der Waals surface area (Å²) in [6.45, 7) is 6.17. The van der Waals surface area contributed by atoms with Gasteiger partial charge >= 0.3 is 6.61 Å². The molecular formula is C20H32F2IN5O3. The third-order valence-corrected chi connectivity index (χ3v) is 4.79. The molecule has 1 aromatic rings. The van der Waals surface area contributed by atoms with Crippen LogP contribution in [0.2, 0.25) is 0 Å². The Kier molecular flexibility index (Phi) is 12.6. The Hall–Kier alpha value is -1.73. The molecule has 0 radical (unpaired) electrons. The number of aliphatic hydroxyl groups excluding tert-OH is 1. The molecule has 0 saturated carbocycles. The Morgan fingerprint density at radius 1 is 1.19 bits per heavy atom. The van der Waals surface area contributed by atoms with Gasteiger partial charge < -0.3 is 25.4 Å². The highest BCUT2D eigenvalue weighted by Crippen LogP contribution is 2.19. The van der Waals surface area contributed by atoms with Gasteiger partial charge in [-0.15, -0.1) is 24.0 Å². The number of ether oxygens (including phenoxy) is 1. The highest BCUT2D eigenvalue weighted by molar-refractivity contribution is 14.0. The van der Waals surface area contributed by atoms with Gasteiger partial charge in [-0.3, -0.25) is 14.7 Å². The summed E-state index contributed by atoms with van der Waals surface area (Å²) in [5, 5.41) is 16.7. The van der Waals surface area contributed by atoms with Crippen LogP contribution in [0.25, 0.3) is 0 Å². The zero-order chi connectivity index (χ0) is 21.9. The summed E-state index contributed by atoms with van der Waals surface area (Å²) in [7, 11) is 0. The van der Waals surface area contributed by atoms with Gasteiger partial charge in [0.1, 0.15) is 5.75 Å². The van der Waals surface area contributed by atoms with Gasteiger partial charge in [0.25, 0.3) is 0 Å². The van der Waals surface area contributed by atoms with E-state index >= 15 is 0 Å². The Morgan fingerprint density at radius 2 is 1.84 bits per heavy atom. The zero-order valence-electron chi connectivity index (χ0n) is 17.9. The average Bonchev–Trinajstić information content (AvgIpc) is 2.72. The molecule has 1 unspecified atom stereocenters. The monoisotopic (exact) mass is 555 g/mol. The second kappa shape index (κ2) is 14.4. The minimum absolute atomic E-state index is 0. The molecule has 31 heavy (non-hydrogen) atoms. The molecule has 176 valence electrons. The summed E-state index contributed by atoms with van der Waals surface area (Å²) >= 11 is 0. The maximum Gasteiger partial charge on any atom is 0.387 e. The number of nitrogens with one attached hydrogen (secondary N) is 2. The predicted molar refractivity (Wildman–Crippen MR) is 126 cm³/mol. The van der Waals surface area contributed by atoms with E-state index in [1.807, 2.05) is 11.8 Å². The van der Waals surface area contributed by atoms with Crippen molar-refractivity contribution in [2.45, 2.75) is 26.6 Å². The zero-order valence-corrected chi connectivity index (χ0v) is 20.2. The van der Waals surface area contributed by atoms with Gasteiger partial charge in [-0.25, -0.2) is 0 Å². The number of amides is 1. The molecule has 1 heterocycles. The van der Waals surface area contributed by atoms with Crippen molar-refractivity contribution in [2.75, 3.05) is 52.4 Å². The fraction of sp³-hybridized carbons (Fsp3) is 0.600. The Balaban J connectivity index is 0.00000480. The number of nitrogens with zero attached hydrogens (tertiary/aromatic N) is 3. The number of hydrogen-bond acceptors (Lipinski definition) is 5. The molecule has 2 rings (SSSR count). The third-order valence-electron chi connectivity index (χ3n) is 4.79. The number of guanidine groups is 1. The summed E-state index contributed by atoms with van der Waals surface area (Å²) < 4.78 is 28.7. The molecule has 0 bridgehead atoms. The summed E-state index contributed by atoms with van der Waals surface area (Å²) in [6.07, 6.45) is -0.860. The number of aliphatic imine (C=N–C) groups is 1. The van der Waals surface area contributed by atoms with Gasteiger partial charge in [0.15, 0.2) is 5.96 Å². The SMILES string of the molecule is CCNC(=NCC(O)c1ccc(OC(F)F)cc1)NCCN1CCN(C(C)=O)CC1.I. The number of alkyl halides is 2. The van der Waals surface area contributed by atoms with Crippen LogP contribution in [0.3, 0.4) is 0 Å². The minimum atomic E-state index is -2.88. The van der Waals surface area contributed by atoms with E-state index in [0.29, 0.717) is 24.6 Å². The molecule has 1 fully saturated rings. The van der Waals surface area contributed by atoms with E-state index in [4.69, 9.17) is 0 Å². The second-order valence-corrected chi connectivity index (χ2v) is 6.96. The highest BCUT2D eigenvalue weighted by atomic mass is 127. The Labute approximate surface area is 199 Å². The first kappa shape index (κ1) is 27.3. The van der Waals surface area contributed by atoms with Crippen LogP contribution >= 0.6 is 24.0 Å². The molecule has 0 aliphatic carbocycles. The normalized spacial score (nSPS) is 15.9. The first-order valence-electron chi connectivity index (χ1n) is 10.1. The maximum atomic E-state index is 12.2. The highest BCUT2D eigenvalue weighted by Gasteiger charge is 2.18. The minimum Gasteiger partial charge on any atom is -0.435 e. The summed E-state index contributed by atoms with van der Waals surface area (Å²) in [4.78, 5) is 19.9. The lowest BCUT2D eigenvalue weighted by Crippen LogP contribution is -2.50. The van der Waals surface area contributed by atoms with E-state index in [1.165, 1.54) is 12.1 Å². The van der Waals surface area contributed by atoms with E-state index in [-0.39, 0.29) is 42.2 Å². The third kappa shape index (κ3) is 9.95. The molecular weight excluding hydrogens is 523 g/mol. The average molecular weight is 555 g/mol. The van der Waals surface area contributed by atoms with E-state index in [1.54, 1.807) is 19.1 Å². The number of halogens is 3. The number of carbonyl (C=O) groups excluding carboxylic acids is 1. The first-order chi connectivity index (χ1) is 14.4. The largest absolute Gasteiger partial charge is 0.435 e. The van der Waals surface area contributed by atoms with Crippen LogP contribution in [-0.2, 0) is 4.79 Å². The molecule has 1 aliphatic rings. The summed E-state index contributed by atoms with van der Waals surface area (Å²) in [5.41, 5.74) is 0.569. The maximum absolute atomic E-state index is 12.2. The fourth-order valence-corrected chi connectivity index (χ4v) is 3.12.